The van der Waals surface area contributed by atoms with Gasteiger partial charge in [0, 0.05) is 11.1 Å². The van der Waals surface area contributed by atoms with Crippen LogP contribution < -0.4 is 15.7 Å². The van der Waals surface area contributed by atoms with E-state index in [1.165, 1.54) is 12.1 Å². The molecule has 0 unspecified atom stereocenters. The summed E-state index contributed by atoms with van der Waals surface area (Å²) in [5, 5.41) is 7.38. The average Bonchev–Trinajstić information content (AvgIpc) is 2.79. The van der Waals surface area contributed by atoms with Crippen molar-refractivity contribution in [3.63, 3.8) is 0 Å². The van der Waals surface area contributed by atoms with Gasteiger partial charge in [-0.3, -0.25) is 4.79 Å². The van der Waals surface area contributed by atoms with Crippen molar-refractivity contribution in [3.8, 4) is 0 Å². The van der Waals surface area contributed by atoms with Crippen molar-refractivity contribution in [1.82, 2.24) is 4.83 Å². The van der Waals surface area contributed by atoms with Gasteiger partial charge in [0.2, 0.25) is 5.55 Å². The number of amides is 1. The molecule has 0 spiro atoms. The predicted octanol–water partition coefficient (Wildman–Crippen LogP) is 3.79. The normalized spacial score (nSPS) is 12.0. The maximum absolute atomic E-state index is 12.9. The van der Waals surface area contributed by atoms with E-state index in [1.807, 2.05) is 25.1 Å². The summed E-state index contributed by atoms with van der Waals surface area (Å²) in [6.45, 7) is 1.95. The molecule has 0 radical (unpaired) electrons. The van der Waals surface area contributed by atoms with Gasteiger partial charge in [0.05, 0.1) is 4.90 Å². The van der Waals surface area contributed by atoms with Crippen molar-refractivity contribution in [3.05, 3.63) is 102 Å². The van der Waals surface area contributed by atoms with Crippen molar-refractivity contribution in [2.45, 2.75) is 11.8 Å². The van der Waals surface area contributed by atoms with Crippen LogP contribution in [0.5, 0.6) is 0 Å². The van der Waals surface area contributed by atoms with E-state index in [9.17, 15) is 13.2 Å². The van der Waals surface area contributed by atoms with Crippen LogP contribution in [-0.2, 0) is 10.0 Å². The van der Waals surface area contributed by atoms with E-state index in [2.05, 4.69) is 15.2 Å². The van der Waals surface area contributed by atoms with Crippen LogP contribution in [0, 0.1) is 6.92 Å². The molecular formula is C23H19N3O4S. The number of fused-ring (bicyclic) bond motifs is 1. The lowest BCUT2D eigenvalue weighted by Crippen LogP contribution is -2.27. The molecule has 0 saturated carbocycles. The third kappa shape index (κ3) is 4.65. The zero-order valence-corrected chi connectivity index (χ0v) is 17.4. The Kier molecular flexibility index (Phi) is 5.55. The summed E-state index contributed by atoms with van der Waals surface area (Å²) >= 11 is 0. The zero-order chi connectivity index (χ0) is 21.8. The molecule has 0 atom stereocenters. The number of para-hydroxylation sites is 1. The minimum absolute atomic E-state index is 0.0465. The highest BCUT2D eigenvalue weighted by Crippen LogP contribution is 2.15. The Labute approximate surface area is 179 Å². The van der Waals surface area contributed by atoms with Gasteiger partial charge in [-0.15, -0.1) is 5.10 Å². The molecule has 156 valence electrons. The molecule has 31 heavy (non-hydrogen) atoms. The Hall–Kier alpha value is -3.91. The molecule has 0 saturated heterocycles. The molecule has 4 aromatic rings. The van der Waals surface area contributed by atoms with Crippen LogP contribution in [0.3, 0.4) is 0 Å². The number of nitrogens with zero attached hydrogens (tertiary/aromatic N) is 1. The molecule has 8 heteroatoms. The van der Waals surface area contributed by atoms with Gasteiger partial charge in [-0.05, 0) is 43.3 Å². The third-order valence-corrected chi connectivity index (χ3v) is 5.76. The number of hydrogen-bond acceptors (Lipinski definition) is 5. The number of carbonyl (C=O) groups is 1. The molecule has 3 aromatic carbocycles. The van der Waals surface area contributed by atoms with Crippen molar-refractivity contribution < 1.29 is 17.6 Å². The van der Waals surface area contributed by atoms with Gasteiger partial charge in [0.15, 0.2) is 0 Å². The average molecular weight is 433 g/mol. The number of benzene rings is 3. The van der Waals surface area contributed by atoms with Gasteiger partial charge in [-0.25, -0.2) is 0 Å². The monoisotopic (exact) mass is 433 g/mol. The molecule has 1 amide bonds. The number of hydrogen-bond donors (Lipinski definition) is 2. The van der Waals surface area contributed by atoms with Crippen molar-refractivity contribution in [2.24, 2.45) is 5.10 Å². The van der Waals surface area contributed by atoms with E-state index in [0.717, 1.165) is 5.56 Å². The second-order valence-electron chi connectivity index (χ2n) is 6.84. The predicted molar refractivity (Wildman–Crippen MR) is 118 cm³/mol. The Bertz CT molecular complexity index is 1410. The highest BCUT2D eigenvalue weighted by Gasteiger charge is 2.16. The molecule has 0 bridgehead atoms. The first-order valence-electron chi connectivity index (χ1n) is 9.44. The first-order chi connectivity index (χ1) is 14.9. The molecule has 0 aliphatic rings. The molecule has 0 aliphatic carbocycles. The second-order valence-corrected chi connectivity index (χ2v) is 8.50. The lowest BCUT2D eigenvalue weighted by Gasteiger charge is -2.08. The lowest BCUT2D eigenvalue weighted by atomic mass is 10.1. The Morgan fingerprint density at radius 3 is 2.32 bits per heavy atom. The molecular weight excluding hydrogens is 414 g/mol. The molecule has 0 aliphatic heterocycles. The molecule has 1 heterocycles. The number of aryl methyl sites for hydroxylation is 1. The van der Waals surface area contributed by atoms with E-state index in [4.69, 9.17) is 4.42 Å². The van der Waals surface area contributed by atoms with Crippen LogP contribution in [0.1, 0.15) is 15.9 Å². The fourth-order valence-corrected chi connectivity index (χ4v) is 3.73. The third-order valence-electron chi connectivity index (χ3n) is 4.53. The lowest BCUT2D eigenvalue weighted by molar-refractivity contribution is 0.102. The summed E-state index contributed by atoms with van der Waals surface area (Å²) in [4.78, 5) is 15.1. The molecule has 1 aromatic heterocycles. The van der Waals surface area contributed by atoms with Gasteiger partial charge >= 0.3 is 0 Å². The number of carbonyl (C=O) groups excluding carboxylic acids is 1. The maximum Gasteiger partial charge on any atom is 0.276 e. The van der Waals surface area contributed by atoms with Gasteiger partial charge in [-0.1, -0.05) is 54.1 Å². The Morgan fingerprint density at radius 2 is 1.58 bits per heavy atom. The van der Waals surface area contributed by atoms with Crippen molar-refractivity contribution in [2.75, 3.05) is 5.32 Å². The quantitative estimate of drug-likeness (QED) is 0.468. The summed E-state index contributed by atoms with van der Waals surface area (Å²) in [6, 6.07) is 23.8. The van der Waals surface area contributed by atoms with Crippen LogP contribution >= 0.6 is 0 Å². The van der Waals surface area contributed by atoms with Gasteiger partial charge in [0.25, 0.3) is 15.9 Å². The van der Waals surface area contributed by atoms with Crippen LogP contribution in [0.4, 0.5) is 5.69 Å². The van der Waals surface area contributed by atoms with Gasteiger partial charge < -0.3 is 9.73 Å². The number of sulfonamides is 1. The van der Waals surface area contributed by atoms with Crippen molar-refractivity contribution in [1.29, 1.82) is 0 Å². The van der Waals surface area contributed by atoms with E-state index in [-0.39, 0.29) is 16.0 Å². The van der Waals surface area contributed by atoms with Crippen molar-refractivity contribution >= 4 is 32.6 Å². The van der Waals surface area contributed by atoms with E-state index >= 15 is 0 Å². The molecule has 0 fully saturated rings. The van der Waals surface area contributed by atoms with Crippen LogP contribution in [0.2, 0.25) is 0 Å². The SMILES string of the molecule is Cc1ccc(NC(=O)c2cc3ccccc3o/c2=N\NS(=O)(=O)c2ccccc2)cc1. The largest absolute Gasteiger partial charge is 0.436 e. The van der Waals surface area contributed by atoms with E-state index in [0.29, 0.717) is 16.7 Å². The topological polar surface area (TPSA) is 101 Å². The van der Waals surface area contributed by atoms with Crippen LogP contribution in [-0.4, -0.2) is 14.3 Å². The standard InChI is InChI=1S/C23H19N3O4S/c1-16-11-13-18(14-12-16)24-22(27)20-15-17-7-5-6-10-21(17)30-23(20)25-26-31(28,29)19-8-3-2-4-9-19/h2-15,26H,1H3,(H,24,27)/b25-23-. The first-order valence-corrected chi connectivity index (χ1v) is 10.9. The van der Waals surface area contributed by atoms with Gasteiger partial charge in [-0.2, -0.15) is 13.2 Å². The van der Waals surface area contributed by atoms with Crippen LogP contribution in [0.25, 0.3) is 11.0 Å². The fourth-order valence-electron chi connectivity index (χ4n) is 2.90. The highest BCUT2D eigenvalue weighted by atomic mass is 32.2. The second kappa shape index (κ2) is 8.45. The maximum atomic E-state index is 12.9. The summed E-state index contributed by atoms with van der Waals surface area (Å²) < 4.78 is 30.8. The van der Waals surface area contributed by atoms with E-state index < -0.39 is 15.9 Å². The first kappa shape index (κ1) is 20.4. The Balaban J connectivity index is 1.75. The summed E-state index contributed by atoms with van der Waals surface area (Å²) in [6.07, 6.45) is 0. The summed E-state index contributed by atoms with van der Waals surface area (Å²) in [5.41, 5.74) is 2.06. The van der Waals surface area contributed by atoms with Crippen LogP contribution in [0.15, 0.2) is 99.3 Å². The number of anilines is 1. The smallest absolute Gasteiger partial charge is 0.276 e. The Morgan fingerprint density at radius 1 is 0.903 bits per heavy atom. The highest BCUT2D eigenvalue weighted by molar-refractivity contribution is 7.89. The minimum atomic E-state index is -3.93. The number of nitrogens with one attached hydrogen (secondary N) is 2. The zero-order valence-electron chi connectivity index (χ0n) is 16.6. The van der Waals surface area contributed by atoms with E-state index in [1.54, 1.807) is 54.6 Å². The minimum Gasteiger partial charge on any atom is -0.436 e. The molecule has 2 N–H and O–H groups in total. The molecule has 4 rings (SSSR count). The summed E-state index contributed by atoms with van der Waals surface area (Å²) in [5.74, 6) is -0.476. The molecule has 7 nitrogen and oxygen atoms in total. The summed E-state index contributed by atoms with van der Waals surface area (Å²) in [7, 11) is -3.93. The fraction of sp³-hybridized carbons (Fsp3) is 0.0435. The number of rotatable bonds is 5. The van der Waals surface area contributed by atoms with Gasteiger partial charge in [0.1, 0.15) is 11.1 Å².